The highest BCUT2D eigenvalue weighted by molar-refractivity contribution is 5.73. The quantitative estimate of drug-likeness (QED) is 0.762. The van der Waals surface area contributed by atoms with E-state index in [1.54, 1.807) is 0 Å². The molecule has 17 heavy (non-hydrogen) atoms. The Kier molecular flexibility index (Phi) is 5.70. The van der Waals surface area contributed by atoms with Crippen molar-refractivity contribution in [1.29, 1.82) is 0 Å². The van der Waals surface area contributed by atoms with E-state index >= 15 is 0 Å². The van der Waals surface area contributed by atoms with Gasteiger partial charge in [0.15, 0.2) is 0 Å². The van der Waals surface area contributed by atoms with Crippen LogP contribution >= 0.6 is 0 Å². The molecule has 0 aliphatic heterocycles. The molecule has 1 aromatic carbocycles. The zero-order valence-electron chi connectivity index (χ0n) is 10.5. The van der Waals surface area contributed by atoms with Gasteiger partial charge in [-0.3, -0.25) is 4.79 Å². The molecule has 0 fully saturated rings. The number of nitrogens with one attached hydrogen (secondary N) is 1. The van der Waals surface area contributed by atoms with Crippen LogP contribution in [0.4, 0.5) is 0 Å². The number of hydrogen-bond donors (Lipinski definition) is 2. The molecule has 0 radical (unpaired) electrons. The van der Waals surface area contributed by atoms with E-state index in [2.05, 4.69) is 17.4 Å². The van der Waals surface area contributed by atoms with Crippen LogP contribution in [0.15, 0.2) is 30.3 Å². The van der Waals surface area contributed by atoms with Crippen molar-refractivity contribution in [3.05, 3.63) is 35.9 Å². The van der Waals surface area contributed by atoms with Gasteiger partial charge in [0.25, 0.3) is 0 Å². The number of aliphatic carboxylic acids is 1. The highest BCUT2D eigenvalue weighted by atomic mass is 16.4. The molecule has 0 saturated carbocycles. The fraction of sp³-hybridized carbons (Fsp3) is 0.500. The lowest BCUT2D eigenvalue weighted by Gasteiger charge is -2.16. The Hall–Kier alpha value is -1.35. The summed E-state index contributed by atoms with van der Waals surface area (Å²) in [6, 6.07) is 9.66. The second kappa shape index (κ2) is 7.07. The van der Waals surface area contributed by atoms with Gasteiger partial charge in [-0.15, -0.1) is 0 Å². The van der Waals surface area contributed by atoms with Crippen LogP contribution in [0.3, 0.4) is 0 Å². The number of hydrogen-bond acceptors (Lipinski definition) is 2. The van der Waals surface area contributed by atoms with Gasteiger partial charge in [0.1, 0.15) is 6.04 Å². The molecule has 0 heterocycles. The predicted molar refractivity (Wildman–Crippen MR) is 69.0 cm³/mol. The van der Waals surface area contributed by atoms with E-state index in [9.17, 15) is 4.79 Å². The summed E-state index contributed by atoms with van der Waals surface area (Å²) in [6.45, 7) is 4.78. The van der Waals surface area contributed by atoms with E-state index < -0.39 is 12.0 Å². The number of carboxylic acids is 1. The zero-order chi connectivity index (χ0) is 12.7. The molecule has 1 unspecified atom stereocenters. The van der Waals surface area contributed by atoms with E-state index in [1.807, 2.05) is 32.0 Å². The summed E-state index contributed by atoms with van der Waals surface area (Å²) in [7, 11) is 0. The Morgan fingerprint density at radius 3 is 2.47 bits per heavy atom. The highest BCUT2D eigenvalue weighted by Gasteiger charge is 2.17. The van der Waals surface area contributed by atoms with E-state index in [1.165, 1.54) is 5.56 Å². The summed E-state index contributed by atoms with van der Waals surface area (Å²) >= 11 is 0. The van der Waals surface area contributed by atoms with Gasteiger partial charge < -0.3 is 10.4 Å². The first kappa shape index (κ1) is 13.7. The third kappa shape index (κ3) is 5.50. The van der Waals surface area contributed by atoms with Crippen molar-refractivity contribution in [2.45, 2.75) is 32.7 Å². The van der Waals surface area contributed by atoms with Crippen LogP contribution in [-0.2, 0) is 11.2 Å². The molecule has 0 saturated heterocycles. The second-order valence-electron chi connectivity index (χ2n) is 4.71. The van der Waals surface area contributed by atoms with Crippen molar-refractivity contribution in [1.82, 2.24) is 5.32 Å². The largest absolute Gasteiger partial charge is 0.480 e. The monoisotopic (exact) mass is 235 g/mol. The Morgan fingerprint density at radius 2 is 1.94 bits per heavy atom. The molecular formula is C14H21NO2. The van der Waals surface area contributed by atoms with Gasteiger partial charge in [-0.05, 0) is 30.9 Å². The van der Waals surface area contributed by atoms with Gasteiger partial charge in [-0.1, -0.05) is 44.2 Å². The summed E-state index contributed by atoms with van der Waals surface area (Å²) < 4.78 is 0. The van der Waals surface area contributed by atoms with Gasteiger partial charge in [0, 0.05) is 0 Å². The normalized spacial score (nSPS) is 12.6. The molecule has 0 amide bonds. The SMILES string of the molecule is CC(C)CC(NCCc1ccccc1)C(=O)O. The number of rotatable bonds is 7. The van der Waals surface area contributed by atoms with Crippen molar-refractivity contribution in [3.8, 4) is 0 Å². The lowest BCUT2D eigenvalue weighted by molar-refractivity contribution is -0.139. The maximum atomic E-state index is 11.0. The van der Waals surface area contributed by atoms with Crippen molar-refractivity contribution in [2.24, 2.45) is 5.92 Å². The van der Waals surface area contributed by atoms with Crippen LogP contribution in [0.1, 0.15) is 25.8 Å². The average molecular weight is 235 g/mol. The number of carbonyl (C=O) groups is 1. The van der Waals surface area contributed by atoms with Crippen molar-refractivity contribution >= 4 is 5.97 Å². The predicted octanol–water partition coefficient (Wildman–Crippen LogP) is 2.32. The van der Waals surface area contributed by atoms with Crippen molar-refractivity contribution in [3.63, 3.8) is 0 Å². The van der Waals surface area contributed by atoms with Gasteiger partial charge in [-0.25, -0.2) is 0 Å². The highest BCUT2D eigenvalue weighted by Crippen LogP contribution is 2.05. The third-order valence-electron chi connectivity index (χ3n) is 2.65. The Bertz CT molecular complexity index is 335. The van der Waals surface area contributed by atoms with Gasteiger partial charge >= 0.3 is 5.97 Å². The van der Waals surface area contributed by atoms with Crippen molar-refractivity contribution < 1.29 is 9.90 Å². The molecule has 2 N–H and O–H groups in total. The molecule has 0 bridgehead atoms. The Balaban J connectivity index is 2.35. The third-order valence-corrected chi connectivity index (χ3v) is 2.65. The van der Waals surface area contributed by atoms with Crippen LogP contribution in [0.25, 0.3) is 0 Å². The fourth-order valence-corrected chi connectivity index (χ4v) is 1.78. The van der Waals surface area contributed by atoms with Crippen LogP contribution in [0.2, 0.25) is 0 Å². The fourth-order valence-electron chi connectivity index (χ4n) is 1.78. The summed E-state index contributed by atoms with van der Waals surface area (Å²) in [6.07, 6.45) is 1.53. The smallest absolute Gasteiger partial charge is 0.320 e. The minimum absolute atomic E-state index is 0.389. The Morgan fingerprint density at radius 1 is 1.29 bits per heavy atom. The second-order valence-corrected chi connectivity index (χ2v) is 4.71. The summed E-state index contributed by atoms with van der Waals surface area (Å²) in [5.41, 5.74) is 1.23. The molecule has 0 aliphatic carbocycles. The van der Waals surface area contributed by atoms with Crippen molar-refractivity contribution in [2.75, 3.05) is 6.54 Å². The Labute approximate surface area is 103 Å². The van der Waals surface area contributed by atoms with Gasteiger partial charge in [0.05, 0.1) is 0 Å². The average Bonchev–Trinajstić information content (AvgIpc) is 2.28. The molecule has 0 spiro atoms. The number of carboxylic acid groups (broad SMARTS) is 1. The van der Waals surface area contributed by atoms with Gasteiger partial charge in [-0.2, -0.15) is 0 Å². The molecule has 1 aromatic rings. The molecular weight excluding hydrogens is 214 g/mol. The number of benzene rings is 1. The standard InChI is InChI=1S/C14H21NO2/c1-11(2)10-13(14(16)17)15-9-8-12-6-4-3-5-7-12/h3-7,11,13,15H,8-10H2,1-2H3,(H,16,17). The summed E-state index contributed by atoms with van der Waals surface area (Å²) in [5.74, 6) is -0.368. The maximum absolute atomic E-state index is 11.0. The molecule has 0 aliphatic rings. The summed E-state index contributed by atoms with van der Waals surface area (Å²) in [4.78, 5) is 11.0. The van der Waals surface area contributed by atoms with E-state index in [0.717, 1.165) is 6.42 Å². The van der Waals surface area contributed by atoms with E-state index in [0.29, 0.717) is 18.9 Å². The molecule has 3 nitrogen and oxygen atoms in total. The minimum Gasteiger partial charge on any atom is -0.480 e. The lowest BCUT2D eigenvalue weighted by Crippen LogP contribution is -2.38. The zero-order valence-corrected chi connectivity index (χ0v) is 10.5. The van der Waals surface area contributed by atoms with E-state index in [-0.39, 0.29) is 0 Å². The summed E-state index contributed by atoms with van der Waals surface area (Å²) in [5, 5.41) is 12.2. The first-order valence-corrected chi connectivity index (χ1v) is 6.09. The molecule has 3 heteroatoms. The maximum Gasteiger partial charge on any atom is 0.320 e. The minimum atomic E-state index is -0.758. The molecule has 1 rings (SSSR count). The molecule has 94 valence electrons. The first-order chi connectivity index (χ1) is 8.09. The van der Waals surface area contributed by atoms with Crippen LogP contribution < -0.4 is 5.32 Å². The van der Waals surface area contributed by atoms with Crippen LogP contribution in [-0.4, -0.2) is 23.7 Å². The molecule has 1 atom stereocenters. The van der Waals surface area contributed by atoms with Crippen LogP contribution in [0, 0.1) is 5.92 Å². The van der Waals surface area contributed by atoms with E-state index in [4.69, 9.17) is 5.11 Å². The van der Waals surface area contributed by atoms with Gasteiger partial charge in [0.2, 0.25) is 0 Å². The molecule has 0 aromatic heterocycles. The topological polar surface area (TPSA) is 49.3 Å². The lowest BCUT2D eigenvalue weighted by atomic mass is 10.0. The van der Waals surface area contributed by atoms with Crippen LogP contribution in [0.5, 0.6) is 0 Å². The first-order valence-electron chi connectivity index (χ1n) is 6.09.